The maximum Gasteiger partial charge on any atom is 0.262 e. The molecule has 0 spiro atoms. The molecular weight excluding hydrogens is 377 g/mol. The third-order valence-corrected chi connectivity index (χ3v) is 5.51. The highest BCUT2D eigenvalue weighted by atomic mass is 19.1. The summed E-state index contributed by atoms with van der Waals surface area (Å²) in [5.41, 5.74) is 4.70. The van der Waals surface area contributed by atoms with Crippen LogP contribution < -0.4 is 4.90 Å². The van der Waals surface area contributed by atoms with Gasteiger partial charge < -0.3 is 4.90 Å². The van der Waals surface area contributed by atoms with Crippen LogP contribution in [0.25, 0.3) is 16.9 Å². The molecule has 0 N–H and O–H groups in total. The van der Waals surface area contributed by atoms with Gasteiger partial charge in [-0.1, -0.05) is 36.4 Å². The number of para-hydroxylation sites is 2. The standard InChI is InChI=1S/C25H20FN3O/c1-17-15-19-7-5-6-10-23(19)29(17)25(30)22-16-28(21-8-3-2-4-9-21)27-24(22)18-11-13-20(26)14-12-18/h2-14,16-17H,15H2,1H3/t17-/m1/s1. The fraction of sp³-hybridized carbons (Fsp3) is 0.120. The molecule has 5 rings (SSSR count). The molecule has 1 amide bonds. The van der Waals surface area contributed by atoms with Crippen molar-refractivity contribution in [1.82, 2.24) is 9.78 Å². The molecule has 5 heteroatoms. The van der Waals surface area contributed by atoms with Crippen molar-refractivity contribution < 1.29 is 9.18 Å². The highest BCUT2D eigenvalue weighted by Crippen LogP contribution is 2.35. The van der Waals surface area contributed by atoms with Crippen LogP contribution in [0.5, 0.6) is 0 Å². The van der Waals surface area contributed by atoms with Gasteiger partial charge in [-0.2, -0.15) is 5.10 Å². The summed E-state index contributed by atoms with van der Waals surface area (Å²) >= 11 is 0. The molecule has 30 heavy (non-hydrogen) atoms. The van der Waals surface area contributed by atoms with E-state index in [0.717, 1.165) is 23.4 Å². The molecule has 0 saturated heterocycles. The maximum absolute atomic E-state index is 13.7. The number of hydrogen-bond acceptors (Lipinski definition) is 2. The number of anilines is 1. The minimum atomic E-state index is -0.323. The molecule has 0 unspecified atom stereocenters. The lowest BCUT2D eigenvalue weighted by molar-refractivity contribution is 0.0982. The van der Waals surface area contributed by atoms with Crippen LogP contribution in [0, 0.1) is 5.82 Å². The van der Waals surface area contributed by atoms with Crippen molar-refractivity contribution >= 4 is 11.6 Å². The Kier molecular flexibility index (Phi) is 4.43. The third kappa shape index (κ3) is 3.08. The van der Waals surface area contributed by atoms with Crippen molar-refractivity contribution in [3.05, 3.63) is 102 Å². The lowest BCUT2D eigenvalue weighted by atomic mass is 10.1. The fourth-order valence-electron chi connectivity index (χ4n) is 4.07. The van der Waals surface area contributed by atoms with Crippen molar-refractivity contribution in [1.29, 1.82) is 0 Å². The zero-order valence-electron chi connectivity index (χ0n) is 16.5. The Hall–Kier alpha value is -3.73. The van der Waals surface area contributed by atoms with Gasteiger partial charge in [0.2, 0.25) is 0 Å². The normalized spacial score (nSPS) is 15.3. The van der Waals surface area contributed by atoms with Crippen LogP contribution in [0.2, 0.25) is 0 Å². The number of benzene rings is 3. The van der Waals surface area contributed by atoms with Crippen LogP contribution >= 0.6 is 0 Å². The minimum absolute atomic E-state index is 0.0519. The van der Waals surface area contributed by atoms with E-state index in [4.69, 9.17) is 5.10 Å². The summed E-state index contributed by atoms with van der Waals surface area (Å²) in [5.74, 6) is -0.426. The first kappa shape index (κ1) is 18.3. The molecule has 0 fully saturated rings. The third-order valence-electron chi connectivity index (χ3n) is 5.51. The lowest BCUT2D eigenvalue weighted by Gasteiger charge is -2.22. The number of carbonyl (C=O) groups is 1. The molecule has 0 radical (unpaired) electrons. The predicted octanol–water partition coefficient (Wildman–Crippen LogP) is 5.27. The molecule has 1 aliphatic heterocycles. The van der Waals surface area contributed by atoms with Gasteiger partial charge in [0.05, 0.1) is 11.3 Å². The minimum Gasteiger partial charge on any atom is -0.305 e. The summed E-state index contributed by atoms with van der Waals surface area (Å²) < 4.78 is 15.2. The van der Waals surface area contributed by atoms with E-state index in [9.17, 15) is 9.18 Å². The lowest BCUT2D eigenvalue weighted by Crippen LogP contribution is -2.35. The maximum atomic E-state index is 13.7. The van der Waals surface area contributed by atoms with Gasteiger partial charge in [0, 0.05) is 23.5 Å². The summed E-state index contributed by atoms with van der Waals surface area (Å²) in [5, 5.41) is 4.70. The first-order chi connectivity index (χ1) is 14.6. The average molecular weight is 397 g/mol. The molecule has 2 heterocycles. The fourth-order valence-corrected chi connectivity index (χ4v) is 4.07. The number of halogens is 1. The molecule has 1 aromatic heterocycles. The Morgan fingerprint density at radius 3 is 2.43 bits per heavy atom. The van der Waals surface area contributed by atoms with E-state index >= 15 is 0 Å². The van der Waals surface area contributed by atoms with Gasteiger partial charge in [-0.05, 0) is 61.4 Å². The number of nitrogens with zero attached hydrogens (tertiary/aromatic N) is 3. The number of carbonyl (C=O) groups excluding carboxylic acids is 1. The van der Waals surface area contributed by atoms with E-state index in [0.29, 0.717) is 16.8 Å². The Bertz CT molecular complexity index is 1210. The van der Waals surface area contributed by atoms with Crippen molar-refractivity contribution in [2.45, 2.75) is 19.4 Å². The molecule has 0 saturated carbocycles. The number of fused-ring (bicyclic) bond motifs is 1. The van der Waals surface area contributed by atoms with E-state index in [1.807, 2.05) is 53.4 Å². The van der Waals surface area contributed by atoms with Crippen LogP contribution in [0.1, 0.15) is 22.8 Å². The summed E-state index contributed by atoms with van der Waals surface area (Å²) in [6.07, 6.45) is 2.59. The largest absolute Gasteiger partial charge is 0.305 e. The number of amides is 1. The summed E-state index contributed by atoms with van der Waals surface area (Å²) in [4.78, 5) is 15.6. The van der Waals surface area contributed by atoms with E-state index in [-0.39, 0.29) is 17.8 Å². The molecule has 4 nitrogen and oxygen atoms in total. The predicted molar refractivity (Wildman–Crippen MR) is 115 cm³/mol. The van der Waals surface area contributed by atoms with Crippen molar-refractivity contribution in [2.75, 3.05) is 4.90 Å². The SMILES string of the molecule is C[C@@H]1Cc2ccccc2N1C(=O)c1cn(-c2ccccc2)nc1-c1ccc(F)cc1. The monoisotopic (exact) mass is 397 g/mol. The van der Waals surface area contributed by atoms with Crippen LogP contribution in [-0.2, 0) is 6.42 Å². The first-order valence-electron chi connectivity index (χ1n) is 9.94. The van der Waals surface area contributed by atoms with E-state index < -0.39 is 0 Å². The molecule has 4 aromatic rings. The Morgan fingerprint density at radius 2 is 1.67 bits per heavy atom. The van der Waals surface area contributed by atoms with Gasteiger partial charge >= 0.3 is 0 Å². The molecule has 0 aliphatic carbocycles. The number of hydrogen-bond donors (Lipinski definition) is 0. The van der Waals surface area contributed by atoms with Crippen LogP contribution in [-0.4, -0.2) is 21.7 Å². The smallest absolute Gasteiger partial charge is 0.262 e. The van der Waals surface area contributed by atoms with Crippen molar-refractivity contribution in [3.63, 3.8) is 0 Å². The highest BCUT2D eigenvalue weighted by molar-refractivity contribution is 6.11. The zero-order valence-corrected chi connectivity index (χ0v) is 16.5. The summed E-state index contributed by atoms with van der Waals surface area (Å²) in [7, 11) is 0. The second kappa shape index (κ2) is 7.26. The van der Waals surface area contributed by atoms with Gasteiger partial charge in [0.25, 0.3) is 5.91 Å². The quantitative estimate of drug-likeness (QED) is 0.472. The van der Waals surface area contributed by atoms with Gasteiger partial charge in [-0.3, -0.25) is 4.79 Å². The molecule has 3 aromatic carbocycles. The molecular formula is C25H20FN3O. The van der Waals surface area contributed by atoms with Crippen molar-refractivity contribution in [3.8, 4) is 16.9 Å². The van der Waals surface area contributed by atoms with E-state index in [1.165, 1.54) is 12.1 Å². The summed E-state index contributed by atoms with van der Waals surface area (Å²) in [6, 6.07) is 23.8. The van der Waals surface area contributed by atoms with Crippen LogP contribution in [0.4, 0.5) is 10.1 Å². The zero-order chi connectivity index (χ0) is 20.7. The molecule has 1 aliphatic rings. The second-order valence-corrected chi connectivity index (χ2v) is 7.54. The Morgan fingerprint density at radius 1 is 0.967 bits per heavy atom. The second-order valence-electron chi connectivity index (χ2n) is 7.54. The Labute approximate surface area is 174 Å². The molecule has 0 bridgehead atoms. The van der Waals surface area contributed by atoms with Gasteiger partial charge in [0.1, 0.15) is 11.5 Å². The topological polar surface area (TPSA) is 38.1 Å². The number of aromatic nitrogens is 2. The van der Waals surface area contributed by atoms with Crippen LogP contribution in [0.15, 0.2) is 85.1 Å². The van der Waals surface area contributed by atoms with Crippen molar-refractivity contribution in [2.24, 2.45) is 0 Å². The highest BCUT2D eigenvalue weighted by Gasteiger charge is 2.33. The Balaban J connectivity index is 1.64. The first-order valence-corrected chi connectivity index (χ1v) is 9.94. The van der Waals surface area contributed by atoms with Crippen LogP contribution in [0.3, 0.4) is 0 Å². The van der Waals surface area contributed by atoms with Gasteiger partial charge in [0.15, 0.2) is 0 Å². The summed E-state index contributed by atoms with van der Waals surface area (Å²) in [6.45, 7) is 2.05. The van der Waals surface area contributed by atoms with Gasteiger partial charge in [-0.25, -0.2) is 9.07 Å². The number of rotatable bonds is 3. The van der Waals surface area contributed by atoms with Gasteiger partial charge in [-0.15, -0.1) is 0 Å². The molecule has 1 atom stereocenters. The van der Waals surface area contributed by atoms with E-state index in [2.05, 4.69) is 13.0 Å². The average Bonchev–Trinajstić information content (AvgIpc) is 3.35. The molecule has 148 valence electrons. The van der Waals surface area contributed by atoms with E-state index in [1.54, 1.807) is 23.0 Å².